The fourth-order valence-electron chi connectivity index (χ4n) is 2.08. The van der Waals surface area contributed by atoms with Crippen LogP contribution in [0.25, 0.3) is 10.1 Å². The molecule has 3 rings (SSSR count). The van der Waals surface area contributed by atoms with Crippen LogP contribution in [-0.2, 0) is 6.42 Å². The van der Waals surface area contributed by atoms with Gasteiger partial charge in [0.25, 0.3) is 0 Å². The molecular weight excluding hydrogens is 230 g/mol. The fraction of sp³-hybridized carbons (Fsp3) is 0.429. The summed E-state index contributed by atoms with van der Waals surface area (Å²) >= 11 is 1.81. The van der Waals surface area contributed by atoms with Gasteiger partial charge >= 0.3 is 0 Å². The van der Waals surface area contributed by atoms with Gasteiger partial charge in [-0.05, 0) is 60.3 Å². The molecule has 0 atom stereocenters. The number of benzene rings is 1. The van der Waals surface area contributed by atoms with Gasteiger partial charge in [-0.15, -0.1) is 11.3 Å². The summed E-state index contributed by atoms with van der Waals surface area (Å²) < 4.78 is 6.57. The third-order valence-electron chi connectivity index (χ3n) is 3.27. The van der Waals surface area contributed by atoms with E-state index in [-0.39, 0.29) is 0 Å². The molecule has 90 valence electrons. The fourth-order valence-corrected chi connectivity index (χ4v) is 3.11. The van der Waals surface area contributed by atoms with Gasteiger partial charge in [0.15, 0.2) is 0 Å². The highest BCUT2D eigenvalue weighted by atomic mass is 32.1. The Hall–Kier alpha value is -1.06. The molecule has 0 radical (unpaired) electrons. The molecule has 3 heteroatoms. The van der Waals surface area contributed by atoms with E-state index in [1.54, 1.807) is 7.11 Å². The average molecular weight is 247 g/mol. The lowest BCUT2D eigenvalue weighted by Crippen LogP contribution is -2.19. The molecule has 1 N–H and O–H groups in total. The third-order valence-corrected chi connectivity index (χ3v) is 4.26. The summed E-state index contributed by atoms with van der Waals surface area (Å²) in [7, 11) is 1.72. The minimum absolute atomic E-state index is 0.806. The molecule has 0 spiro atoms. The minimum Gasteiger partial charge on any atom is -0.497 e. The van der Waals surface area contributed by atoms with Crippen LogP contribution < -0.4 is 10.1 Å². The van der Waals surface area contributed by atoms with Crippen molar-refractivity contribution in [1.82, 2.24) is 5.32 Å². The van der Waals surface area contributed by atoms with Crippen LogP contribution in [0.3, 0.4) is 0 Å². The van der Waals surface area contributed by atoms with E-state index in [9.17, 15) is 0 Å². The van der Waals surface area contributed by atoms with Crippen molar-refractivity contribution in [3.8, 4) is 5.75 Å². The molecule has 1 aliphatic rings. The molecule has 0 saturated heterocycles. The second kappa shape index (κ2) is 4.67. The highest BCUT2D eigenvalue weighted by Gasteiger charge is 2.19. The van der Waals surface area contributed by atoms with E-state index in [4.69, 9.17) is 4.74 Å². The van der Waals surface area contributed by atoms with E-state index in [0.717, 1.165) is 24.8 Å². The van der Waals surface area contributed by atoms with Crippen molar-refractivity contribution in [2.75, 3.05) is 13.7 Å². The van der Waals surface area contributed by atoms with Crippen molar-refractivity contribution >= 4 is 21.4 Å². The Labute approximate surface area is 106 Å². The number of hydrogen-bond acceptors (Lipinski definition) is 3. The van der Waals surface area contributed by atoms with Crippen LogP contribution in [0.4, 0.5) is 0 Å². The average Bonchev–Trinajstić information content (AvgIpc) is 3.10. The summed E-state index contributed by atoms with van der Waals surface area (Å²) in [6, 6.07) is 7.15. The van der Waals surface area contributed by atoms with Crippen LogP contribution in [0.2, 0.25) is 0 Å². The van der Waals surface area contributed by atoms with Crippen molar-refractivity contribution < 1.29 is 4.74 Å². The Morgan fingerprint density at radius 2 is 2.29 bits per heavy atom. The lowest BCUT2D eigenvalue weighted by molar-refractivity contribution is 0.415. The summed E-state index contributed by atoms with van der Waals surface area (Å²) in [5.41, 5.74) is 1.46. The molecule has 1 saturated carbocycles. The van der Waals surface area contributed by atoms with E-state index >= 15 is 0 Å². The third kappa shape index (κ3) is 2.45. The van der Waals surface area contributed by atoms with Crippen molar-refractivity contribution in [2.24, 2.45) is 0 Å². The Kier molecular flexibility index (Phi) is 3.04. The molecule has 1 aliphatic carbocycles. The normalized spacial score (nSPS) is 15.4. The SMILES string of the molecule is COc1ccc2c(CCNC3CC3)csc2c1. The molecule has 1 aromatic carbocycles. The maximum absolute atomic E-state index is 5.25. The molecule has 2 aromatic rings. The van der Waals surface area contributed by atoms with Crippen LogP contribution in [0.15, 0.2) is 23.6 Å². The first-order valence-corrected chi connectivity index (χ1v) is 7.02. The maximum Gasteiger partial charge on any atom is 0.120 e. The Morgan fingerprint density at radius 3 is 3.06 bits per heavy atom. The number of hydrogen-bond donors (Lipinski definition) is 1. The van der Waals surface area contributed by atoms with Crippen molar-refractivity contribution in [3.05, 3.63) is 29.1 Å². The Morgan fingerprint density at radius 1 is 1.41 bits per heavy atom. The monoisotopic (exact) mass is 247 g/mol. The van der Waals surface area contributed by atoms with Crippen molar-refractivity contribution in [1.29, 1.82) is 0 Å². The van der Waals surface area contributed by atoms with Crippen LogP contribution in [0, 0.1) is 0 Å². The van der Waals surface area contributed by atoms with Gasteiger partial charge < -0.3 is 10.1 Å². The van der Waals surface area contributed by atoms with E-state index in [2.05, 4.69) is 22.8 Å². The molecule has 0 amide bonds. The maximum atomic E-state index is 5.25. The van der Waals surface area contributed by atoms with Gasteiger partial charge in [0.1, 0.15) is 5.75 Å². The molecule has 0 unspecified atom stereocenters. The molecule has 0 bridgehead atoms. The van der Waals surface area contributed by atoms with Crippen LogP contribution in [-0.4, -0.2) is 19.7 Å². The standard InChI is InChI=1S/C14H17NOS/c1-16-12-4-5-13-10(9-17-14(13)8-12)6-7-15-11-2-3-11/h4-5,8-9,11,15H,2-3,6-7H2,1H3. The predicted molar refractivity (Wildman–Crippen MR) is 73.1 cm³/mol. The van der Waals surface area contributed by atoms with Gasteiger partial charge in [0.05, 0.1) is 7.11 Å². The first kappa shape index (κ1) is 11.1. The van der Waals surface area contributed by atoms with Crippen LogP contribution >= 0.6 is 11.3 Å². The number of fused-ring (bicyclic) bond motifs is 1. The quantitative estimate of drug-likeness (QED) is 0.876. The molecule has 1 aromatic heterocycles. The number of thiophene rings is 1. The lowest BCUT2D eigenvalue weighted by Gasteiger charge is -2.03. The second-order valence-corrected chi connectivity index (χ2v) is 5.51. The van der Waals surface area contributed by atoms with Gasteiger partial charge in [-0.1, -0.05) is 0 Å². The minimum atomic E-state index is 0.806. The first-order chi connectivity index (χ1) is 8.36. The Bertz CT molecular complexity index is 516. The first-order valence-electron chi connectivity index (χ1n) is 6.14. The molecule has 1 heterocycles. The van der Waals surface area contributed by atoms with Crippen molar-refractivity contribution in [2.45, 2.75) is 25.3 Å². The largest absolute Gasteiger partial charge is 0.497 e. The molecular formula is C14H17NOS. The zero-order valence-corrected chi connectivity index (χ0v) is 10.8. The number of methoxy groups -OCH3 is 1. The van der Waals surface area contributed by atoms with Gasteiger partial charge in [-0.2, -0.15) is 0 Å². The van der Waals surface area contributed by atoms with Gasteiger partial charge in [-0.25, -0.2) is 0 Å². The highest BCUT2D eigenvalue weighted by Crippen LogP contribution is 2.29. The Balaban J connectivity index is 1.74. The number of nitrogens with one attached hydrogen (secondary N) is 1. The van der Waals surface area contributed by atoms with Crippen LogP contribution in [0.5, 0.6) is 5.75 Å². The van der Waals surface area contributed by atoms with Gasteiger partial charge in [-0.3, -0.25) is 0 Å². The zero-order valence-electron chi connectivity index (χ0n) is 10.0. The van der Waals surface area contributed by atoms with E-state index < -0.39 is 0 Å². The van der Waals surface area contributed by atoms with Gasteiger partial charge in [0, 0.05) is 10.7 Å². The molecule has 1 fully saturated rings. The second-order valence-electron chi connectivity index (χ2n) is 4.60. The molecule has 2 nitrogen and oxygen atoms in total. The smallest absolute Gasteiger partial charge is 0.120 e. The topological polar surface area (TPSA) is 21.3 Å². The molecule has 17 heavy (non-hydrogen) atoms. The summed E-state index contributed by atoms with van der Waals surface area (Å²) in [5, 5.41) is 7.22. The predicted octanol–water partition coefficient (Wildman–Crippen LogP) is 3.20. The summed E-state index contributed by atoms with van der Waals surface area (Å²) in [5.74, 6) is 0.946. The van der Waals surface area contributed by atoms with E-state index in [0.29, 0.717) is 0 Å². The molecule has 0 aliphatic heterocycles. The summed E-state index contributed by atoms with van der Waals surface area (Å²) in [4.78, 5) is 0. The number of rotatable bonds is 5. The highest BCUT2D eigenvalue weighted by molar-refractivity contribution is 7.17. The van der Waals surface area contributed by atoms with Gasteiger partial charge in [0.2, 0.25) is 0 Å². The summed E-state index contributed by atoms with van der Waals surface area (Å²) in [6.07, 6.45) is 3.85. The zero-order chi connectivity index (χ0) is 11.7. The lowest BCUT2D eigenvalue weighted by atomic mass is 10.1. The van der Waals surface area contributed by atoms with E-state index in [1.807, 2.05) is 17.4 Å². The van der Waals surface area contributed by atoms with Crippen LogP contribution in [0.1, 0.15) is 18.4 Å². The summed E-state index contributed by atoms with van der Waals surface area (Å²) in [6.45, 7) is 1.10. The van der Waals surface area contributed by atoms with E-state index in [1.165, 1.54) is 28.5 Å². The van der Waals surface area contributed by atoms with Crippen molar-refractivity contribution in [3.63, 3.8) is 0 Å². The number of ether oxygens (including phenoxy) is 1.